The van der Waals surface area contributed by atoms with Crippen molar-refractivity contribution in [3.05, 3.63) is 35.9 Å². The maximum absolute atomic E-state index is 6.12. The lowest BCUT2D eigenvalue weighted by atomic mass is 10.2. The molecule has 2 heterocycles. The van der Waals surface area contributed by atoms with Crippen molar-refractivity contribution in [1.82, 2.24) is 9.80 Å². The number of thioether (sulfide) groups is 1. The first-order chi connectivity index (χ1) is 11.3. The van der Waals surface area contributed by atoms with Crippen LogP contribution in [0.3, 0.4) is 0 Å². The monoisotopic (exact) mass is 334 g/mol. The van der Waals surface area contributed by atoms with Crippen LogP contribution in [0.15, 0.2) is 35.3 Å². The molecule has 0 aliphatic carbocycles. The first-order valence-electron chi connectivity index (χ1n) is 8.32. The van der Waals surface area contributed by atoms with Gasteiger partial charge in [-0.2, -0.15) is 11.8 Å². The van der Waals surface area contributed by atoms with Crippen LogP contribution >= 0.6 is 11.8 Å². The highest BCUT2D eigenvalue weighted by molar-refractivity contribution is 7.99. The molecule has 0 aromatic heterocycles. The zero-order valence-electron chi connectivity index (χ0n) is 13.6. The van der Waals surface area contributed by atoms with Gasteiger partial charge in [-0.15, -0.1) is 0 Å². The lowest BCUT2D eigenvalue weighted by Gasteiger charge is -2.33. The maximum atomic E-state index is 6.12. The van der Waals surface area contributed by atoms with Crippen LogP contribution in [0.25, 0.3) is 0 Å². The number of nitrogens with zero attached hydrogens (tertiary/aromatic N) is 3. The van der Waals surface area contributed by atoms with Gasteiger partial charge in [-0.3, -0.25) is 9.89 Å². The van der Waals surface area contributed by atoms with Crippen molar-refractivity contribution < 1.29 is 4.74 Å². The minimum atomic E-state index is 0.144. The number of nitrogens with two attached hydrogens (primary N) is 1. The minimum Gasteiger partial charge on any atom is -0.374 e. The summed E-state index contributed by atoms with van der Waals surface area (Å²) in [7, 11) is 0. The van der Waals surface area contributed by atoms with Crippen LogP contribution in [0, 0.1) is 0 Å². The number of rotatable bonds is 4. The highest BCUT2D eigenvalue weighted by atomic mass is 32.2. The van der Waals surface area contributed by atoms with Gasteiger partial charge in [0.05, 0.1) is 19.3 Å². The van der Waals surface area contributed by atoms with E-state index in [0.717, 1.165) is 50.8 Å². The molecule has 0 saturated carbocycles. The van der Waals surface area contributed by atoms with Crippen molar-refractivity contribution in [2.45, 2.75) is 12.6 Å². The average Bonchev–Trinajstić information content (AvgIpc) is 2.62. The van der Waals surface area contributed by atoms with Crippen molar-refractivity contribution >= 4 is 17.7 Å². The van der Waals surface area contributed by atoms with Crippen LogP contribution < -0.4 is 5.73 Å². The Morgan fingerprint density at radius 1 is 1.22 bits per heavy atom. The van der Waals surface area contributed by atoms with Crippen molar-refractivity contribution in [3.63, 3.8) is 0 Å². The van der Waals surface area contributed by atoms with Gasteiger partial charge >= 0.3 is 0 Å². The molecule has 0 bridgehead atoms. The van der Waals surface area contributed by atoms with Crippen molar-refractivity contribution in [2.24, 2.45) is 10.7 Å². The van der Waals surface area contributed by atoms with Crippen molar-refractivity contribution in [1.29, 1.82) is 0 Å². The standard InChI is InChI=1S/C17H26N4OS/c18-17(21-7-10-23-11-8-21)19-12-16-14-20(6-9-22-16)13-15-4-2-1-3-5-15/h1-5,16H,6-14H2,(H2,18,19)/t16-/m0/s1. The summed E-state index contributed by atoms with van der Waals surface area (Å²) in [5.74, 6) is 2.95. The Hall–Kier alpha value is -1.24. The van der Waals surface area contributed by atoms with E-state index in [1.807, 2.05) is 11.8 Å². The predicted octanol–water partition coefficient (Wildman–Crippen LogP) is 1.25. The molecule has 5 nitrogen and oxygen atoms in total. The topological polar surface area (TPSA) is 54.1 Å². The maximum Gasteiger partial charge on any atom is 0.191 e. The molecule has 2 fully saturated rings. The van der Waals surface area contributed by atoms with Crippen molar-refractivity contribution in [2.75, 3.05) is 50.8 Å². The lowest BCUT2D eigenvalue weighted by Crippen LogP contribution is -2.45. The van der Waals surface area contributed by atoms with Crippen LogP contribution in [-0.2, 0) is 11.3 Å². The third-order valence-electron chi connectivity index (χ3n) is 4.26. The van der Waals surface area contributed by atoms with Gasteiger partial charge in [-0.05, 0) is 5.56 Å². The number of benzene rings is 1. The Bertz CT molecular complexity index is 505. The fourth-order valence-electron chi connectivity index (χ4n) is 2.96. The molecule has 1 atom stereocenters. The second-order valence-corrected chi connectivity index (χ2v) is 7.24. The zero-order chi connectivity index (χ0) is 15.9. The molecule has 0 amide bonds. The van der Waals surface area contributed by atoms with Crippen LogP contribution in [0.4, 0.5) is 0 Å². The summed E-state index contributed by atoms with van der Waals surface area (Å²) < 4.78 is 5.86. The van der Waals surface area contributed by atoms with E-state index in [2.05, 4.69) is 45.1 Å². The van der Waals surface area contributed by atoms with E-state index in [-0.39, 0.29) is 6.10 Å². The number of hydrogen-bond donors (Lipinski definition) is 1. The van der Waals surface area contributed by atoms with Gasteiger partial charge in [0.2, 0.25) is 0 Å². The molecule has 2 N–H and O–H groups in total. The number of hydrogen-bond acceptors (Lipinski definition) is 4. The summed E-state index contributed by atoms with van der Waals surface area (Å²) in [6, 6.07) is 10.6. The normalized spacial score (nSPS) is 23.9. The fourth-order valence-corrected chi connectivity index (χ4v) is 3.87. The molecule has 23 heavy (non-hydrogen) atoms. The summed E-state index contributed by atoms with van der Waals surface area (Å²) in [6.07, 6.45) is 0.144. The van der Waals surface area contributed by atoms with Gasteiger partial charge in [0.15, 0.2) is 5.96 Å². The fraction of sp³-hybridized carbons (Fsp3) is 0.588. The summed E-state index contributed by atoms with van der Waals surface area (Å²) in [6.45, 7) is 6.31. The molecule has 6 heteroatoms. The number of guanidine groups is 1. The Morgan fingerprint density at radius 2 is 2.00 bits per heavy atom. The van der Waals surface area contributed by atoms with E-state index in [1.165, 1.54) is 5.56 Å². The second kappa shape index (κ2) is 8.57. The molecule has 1 aromatic carbocycles. The molecular weight excluding hydrogens is 308 g/mol. The van der Waals surface area contributed by atoms with Gasteiger partial charge in [0.25, 0.3) is 0 Å². The Morgan fingerprint density at radius 3 is 2.78 bits per heavy atom. The summed E-state index contributed by atoms with van der Waals surface area (Å²) >= 11 is 1.98. The van der Waals surface area contributed by atoms with Gasteiger partial charge in [0.1, 0.15) is 0 Å². The van der Waals surface area contributed by atoms with E-state index >= 15 is 0 Å². The zero-order valence-corrected chi connectivity index (χ0v) is 14.4. The van der Waals surface area contributed by atoms with Crippen molar-refractivity contribution in [3.8, 4) is 0 Å². The van der Waals surface area contributed by atoms with Crippen LogP contribution in [0.2, 0.25) is 0 Å². The second-order valence-electron chi connectivity index (χ2n) is 6.01. The molecule has 1 aromatic rings. The lowest BCUT2D eigenvalue weighted by molar-refractivity contribution is -0.0259. The third kappa shape index (κ3) is 5.12. The van der Waals surface area contributed by atoms with Crippen LogP contribution in [-0.4, -0.2) is 72.7 Å². The largest absolute Gasteiger partial charge is 0.374 e. The Labute approximate surface area is 142 Å². The summed E-state index contributed by atoms with van der Waals surface area (Å²) in [5, 5.41) is 0. The molecule has 2 aliphatic heterocycles. The molecule has 0 radical (unpaired) electrons. The third-order valence-corrected chi connectivity index (χ3v) is 5.21. The van der Waals surface area contributed by atoms with Gasteiger partial charge < -0.3 is 15.4 Å². The SMILES string of the molecule is NC(=NC[C@H]1CN(Cc2ccccc2)CCO1)N1CCSCC1. The van der Waals surface area contributed by atoms with E-state index in [1.54, 1.807) is 0 Å². The molecule has 0 unspecified atom stereocenters. The molecule has 2 saturated heterocycles. The van der Waals surface area contributed by atoms with E-state index in [0.29, 0.717) is 12.5 Å². The first-order valence-corrected chi connectivity index (χ1v) is 9.47. The smallest absolute Gasteiger partial charge is 0.191 e. The average molecular weight is 334 g/mol. The minimum absolute atomic E-state index is 0.144. The molecule has 126 valence electrons. The molecular formula is C17H26N4OS. The van der Waals surface area contributed by atoms with E-state index < -0.39 is 0 Å². The molecule has 0 spiro atoms. The van der Waals surface area contributed by atoms with Gasteiger partial charge in [-0.1, -0.05) is 30.3 Å². The number of ether oxygens (including phenoxy) is 1. The number of morpholine rings is 1. The van der Waals surface area contributed by atoms with Crippen LogP contribution in [0.5, 0.6) is 0 Å². The van der Waals surface area contributed by atoms with E-state index in [9.17, 15) is 0 Å². The van der Waals surface area contributed by atoms with Gasteiger partial charge in [-0.25, -0.2) is 0 Å². The number of aliphatic imine (C=N–C) groups is 1. The molecule has 2 aliphatic rings. The highest BCUT2D eigenvalue weighted by Crippen LogP contribution is 2.12. The molecule has 3 rings (SSSR count). The predicted molar refractivity (Wildman–Crippen MR) is 96.8 cm³/mol. The van der Waals surface area contributed by atoms with E-state index in [4.69, 9.17) is 10.5 Å². The Balaban J connectivity index is 1.48. The van der Waals surface area contributed by atoms with Crippen LogP contribution in [0.1, 0.15) is 5.56 Å². The quantitative estimate of drug-likeness (QED) is 0.663. The first kappa shape index (κ1) is 16.6. The van der Waals surface area contributed by atoms with Gasteiger partial charge in [0, 0.05) is 44.2 Å². The Kier molecular flexibility index (Phi) is 6.19. The summed E-state index contributed by atoms with van der Waals surface area (Å²) in [5.41, 5.74) is 7.47. The highest BCUT2D eigenvalue weighted by Gasteiger charge is 2.21. The summed E-state index contributed by atoms with van der Waals surface area (Å²) in [4.78, 5) is 9.19.